The maximum atomic E-state index is 13.1. The summed E-state index contributed by atoms with van der Waals surface area (Å²) in [5.41, 5.74) is 1.02. The fraction of sp³-hybridized carbons (Fsp3) is 0.333. The Bertz CT molecular complexity index is 514. The van der Waals surface area contributed by atoms with Crippen LogP contribution in [0, 0.1) is 5.82 Å². The highest BCUT2D eigenvalue weighted by Gasteiger charge is 2.14. The summed E-state index contributed by atoms with van der Waals surface area (Å²) in [4.78, 5) is 0.922. The lowest BCUT2D eigenvalue weighted by Crippen LogP contribution is -2.21. The second-order valence-corrected chi connectivity index (χ2v) is 4.99. The van der Waals surface area contributed by atoms with Crippen molar-refractivity contribution in [1.29, 1.82) is 0 Å². The molecular formula is C12H15FN4S. The van der Waals surface area contributed by atoms with Gasteiger partial charge in [0.25, 0.3) is 0 Å². The summed E-state index contributed by atoms with van der Waals surface area (Å²) in [6.07, 6.45) is 1.74. The van der Waals surface area contributed by atoms with Crippen LogP contribution in [0.15, 0.2) is 35.4 Å². The first-order valence-corrected chi connectivity index (χ1v) is 6.59. The van der Waals surface area contributed by atoms with Gasteiger partial charge in [-0.2, -0.15) is 0 Å². The normalized spacial score (nSPS) is 12.6. The molecule has 1 aromatic heterocycles. The molecule has 0 fully saturated rings. The van der Waals surface area contributed by atoms with Gasteiger partial charge >= 0.3 is 0 Å². The molecule has 1 unspecified atom stereocenters. The van der Waals surface area contributed by atoms with Crippen LogP contribution in [0.2, 0.25) is 0 Å². The maximum Gasteiger partial charge on any atom is 0.124 e. The van der Waals surface area contributed by atoms with E-state index in [9.17, 15) is 4.39 Å². The fourth-order valence-electron chi connectivity index (χ4n) is 1.67. The monoisotopic (exact) mass is 266 g/mol. The van der Waals surface area contributed by atoms with Crippen molar-refractivity contribution in [2.45, 2.75) is 10.9 Å². The summed E-state index contributed by atoms with van der Waals surface area (Å²) in [6, 6.07) is 6.75. The zero-order valence-corrected chi connectivity index (χ0v) is 11.1. The van der Waals surface area contributed by atoms with Crippen molar-refractivity contribution in [2.24, 2.45) is 7.05 Å². The van der Waals surface area contributed by atoms with Crippen molar-refractivity contribution in [3.8, 4) is 0 Å². The van der Waals surface area contributed by atoms with E-state index in [2.05, 4.69) is 15.6 Å². The zero-order valence-electron chi connectivity index (χ0n) is 10.3. The van der Waals surface area contributed by atoms with Gasteiger partial charge in [0.05, 0.1) is 17.9 Å². The van der Waals surface area contributed by atoms with E-state index in [4.69, 9.17) is 0 Å². The van der Waals surface area contributed by atoms with Gasteiger partial charge in [0.1, 0.15) is 5.82 Å². The van der Waals surface area contributed by atoms with E-state index in [1.807, 2.05) is 20.2 Å². The quantitative estimate of drug-likeness (QED) is 0.841. The van der Waals surface area contributed by atoms with Crippen molar-refractivity contribution >= 4 is 11.8 Å². The number of hydrogen-bond acceptors (Lipinski definition) is 4. The highest BCUT2D eigenvalue weighted by atomic mass is 32.2. The highest BCUT2D eigenvalue weighted by Crippen LogP contribution is 2.24. The molecule has 0 aliphatic heterocycles. The van der Waals surface area contributed by atoms with Crippen LogP contribution in [0.4, 0.5) is 4.39 Å². The number of hydrogen-bond donors (Lipinski definition) is 1. The first-order chi connectivity index (χ1) is 8.70. The van der Waals surface area contributed by atoms with E-state index in [0.717, 1.165) is 16.3 Å². The summed E-state index contributed by atoms with van der Waals surface area (Å²) in [5.74, 6) is 0.587. The van der Waals surface area contributed by atoms with Crippen LogP contribution in [-0.2, 0) is 7.05 Å². The average Bonchev–Trinajstić information content (AvgIpc) is 2.77. The molecule has 2 rings (SSSR count). The molecule has 2 aromatic rings. The van der Waals surface area contributed by atoms with Crippen LogP contribution < -0.4 is 5.32 Å². The smallest absolute Gasteiger partial charge is 0.124 e. The molecule has 0 amide bonds. The molecule has 96 valence electrons. The van der Waals surface area contributed by atoms with Crippen molar-refractivity contribution in [3.05, 3.63) is 42.0 Å². The van der Waals surface area contributed by atoms with Crippen LogP contribution in [0.3, 0.4) is 0 Å². The first-order valence-electron chi connectivity index (χ1n) is 5.61. The van der Waals surface area contributed by atoms with Gasteiger partial charge in [0, 0.05) is 17.7 Å². The van der Waals surface area contributed by atoms with Crippen LogP contribution >= 0.6 is 11.8 Å². The first kappa shape index (κ1) is 13.0. The van der Waals surface area contributed by atoms with Gasteiger partial charge in [0.15, 0.2) is 0 Å². The van der Waals surface area contributed by atoms with Gasteiger partial charge in [-0.15, -0.1) is 16.9 Å². The predicted molar refractivity (Wildman–Crippen MR) is 69.9 cm³/mol. The molecule has 6 heteroatoms. The van der Waals surface area contributed by atoms with Crippen LogP contribution in [-0.4, -0.2) is 27.8 Å². The molecule has 1 N–H and O–H groups in total. The van der Waals surface area contributed by atoms with E-state index in [1.54, 1.807) is 34.8 Å². The van der Waals surface area contributed by atoms with Gasteiger partial charge < -0.3 is 5.32 Å². The number of rotatable bonds is 5. The third-order valence-electron chi connectivity index (χ3n) is 2.67. The Hall–Kier alpha value is -1.40. The van der Waals surface area contributed by atoms with Gasteiger partial charge in [-0.25, -0.2) is 4.39 Å². The summed E-state index contributed by atoms with van der Waals surface area (Å²) in [7, 11) is 3.75. The fourth-order valence-corrected chi connectivity index (χ4v) is 2.73. The summed E-state index contributed by atoms with van der Waals surface area (Å²) in [5, 5.41) is 11.0. The molecule has 4 nitrogen and oxygen atoms in total. The number of nitrogens with one attached hydrogen (secondary N) is 1. The second-order valence-electron chi connectivity index (χ2n) is 3.89. The lowest BCUT2D eigenvalue weighted by Gasteiger charge is -2.15. The molecule has 0 aliphatic carbocycles. The summed E-state index contributed by atoms with van der Waals surface area (Å²) < 4.78 is 14.8. The lowest BCUT2D eigenvalue weighted by atomic mass is 10.2. The number of nitrogens with zero attached hydrogens (tertiary/aromatic N) is 3. The Labute approximate surface area is 110 Å². The van der Waals surface area contributed by atoms with Gasteiger partial charge in [-0.3, -0.25) is 4.68 Å². The van der Waals surface area contributed by atoms with Crippen molar-refractivity contribution < 1.29 is 4.39 Å². The molecule has 1 heterocycles. The molecule has 0 aliphatic rings. The Kier molecular flexibility index (Phi) is 4.33. The third kappa shape index (κ3) is 3.08. The second kappa shape index (κ2) is 5.97. The van der Waals surface area contributed by atoms with E-state index >= 15 is 0 Å². The van der Waals surface area contributed by atoms with Crippen molar-refractivity contribution in [2.75, 3.05) is 12.8 Å². The largest absolute Gasteiger partial charge is 0.311 e. The van der Waals surface area contributed by atoms with E-state index in [0.29, 0.717) is 0 Å². The highest BCUT2D eigenvalue weighted by molar-refractivity contribution is 7.99. The minimum Gasteiger partial charge on any atom is -0.311 e. The van der Waals surface area contributed by atoms with Crippen LogP contribution in [0.25, 0.3) is 0 Å². The van der Waals surface area contributed by atoms with E-state index in [-0.39, 0.29) is 11.9 Å². The average molecular weight is 266 g/mol. The number of aromatic nitrogens is 3. The molecule has 0 saturated carbocycles. The molecule has 0 bridgehead atoms. The van der Waals surface area contributed by atoms with Gasteiger partial charge in [0.2, 0.25) is 0 Å². The molecule has 0 spiro atoms. The maximum absolute atomic E-state index is 13.1. The molecule has 1 atom stereocenters. The Morgan fingerprint density at radius 1 is 1.50 bits per heavy atom. The minimum absolute atomic E-state index is 0.137. The molecule has 18 heavy (non-hydrogen) atoms. The Morgan fingerprint density at radius 3 is 2.94 bits per heavy atom. The Morgan fingerprint density at radius 2 is 2.33 bits per heavy atom. The van der Waals surface area contributed by atoms with Gasteiger partial charge in [-0.05, 0) is 25.2 Å². The van der Waals surface area contributed by atoms with E-state index in [1.165, 1.54) is 6.07 Å². The minimum atomic E-state index is -0.205. The Balaban J connectivity index is 2.02. The zero-order chi connectivity index (χ0) is 13.0. The SMILES string of the molecule is CNC(CSc1cccc(F)c1)c1cnnn1C. The molecule has 0 saturated heterocycles. The molecule has 0 radical (unpaired) electrons. The summed E-state index contributed by atoms with van der Waals surface area (Å²) in [6.45, 7) is 0. The number of benzene rings is 1. The number of aryl methyl sites for hydroxylation is 1. The number of halogens is 1. The standard InChI is InChI=1S/C12H15FN4S/c1-14-11(12-7-15-16-17(12)2)8-18-10-5-3-4-9(13)6-10/h3-7,11,14H,8H2,1-2H3. The van der Waals surface area contributed by atoms with Crippen molar-refractivity contribution in [1.82, 2.24) is 20.3 Å². The third-order valence-corrected chi connectivity index (χ3v) is 3.75. The predicted octanol–water partition coefficient (Wildman–Crippen LogP) is 2.01. The lowest BCUT2D eigenvalue weighted by molar-refractivity contribution is 0.579. The van der Waals surface area contributed by atoms with Crippen LogP contribution in [0.1, 0.15) is 11.7 Å². The molecular weight excluding hydrogens is 251 g/mol. The number of thioether (sulfide) groups is 1. The van der Waals surface area contributed by atoms with E-state index < -0.39 is 0 Å². The molecule has 1 aromatic carbocycles. The summed E-state index contributed by atoms with van der Waals surface area (Å²) >= 11 is 1.60. The van der Waals surface area contributed by atoms with Gasteiger partial charge in [-0.1, -0.05) is 11.3 Å². The topological polar surface area (TPSA) is 42.7 Å². The van der Waals surface area contributed by atoms with Crippen molar-refractivity contribution in [3.63, 3.8) is 0 Å². The van der Waals surface area contributed by atoms with Crippen LogP contribution in [0.5, 0.6) is 0 Å².